The lowest BCUT2D eigenvalue weighted by Gasteiger charge is -2.03. The third kappa shape index (κ3) is 4.63. The molecule has 5 nitrogen and oxygen atoms in total. The zero-order valence-electron chi connectivity index (χ0n) is 13.5. The van der Waals surface area contributed by atoms with Gasteiger partial charge in [-0.2, -0.15) is 0 Å². The number of methoxy groups -OCH3 is 1. The average Bonchev–Trinajstić information content (AvgIpc) is 2.95. The van der Waals surface area contributed by atoms with E-state index in [0.717, 1.165) is 11.3 Å². The second-order valence-electron chi connectivity index (χ2n) is 5.41. The fraction of sp³-hybridized carbons (Fsp3) is 0.353. The lowest BCUT2D eigenvalue weighted by Crippen LogP contribution is -2.17. The van der Waals surface area contributed by atoms with Crippen molar-refractivity contribution in [3.8, 4) is 0 Å². The molecule has 0 aliphatic rings. The normalized spacial score (nSPS) is 10.6. The van der Waals surface area contributed by atoms with Crippen LogP contribution in [0.4, 0.5) is 5.13 Å². The van der Waals surface area contributed by atoms with Gasteiger partial charge in [0.1, 0.15) is 0 Å². The molecule has 1 heterocycles. The zero-order chi connectivity index (χ0) is 16.8. The quantitative estimate of drug-likeness (QED) is 0.824. The number of hydrogen-bond acceptors (Lipinski definition) is 5. The number of benzene rings is 1. The number of amides is 1. The summed E-state index contributed by atoms with van der Waals surface area (Å²) in [5.41, 5.74) is 1.47. The molecule has 0 aliphatic carbocycles. The maximum Gasteiger partial charge on any atom is 0.357 e. The Bertz CT molecular complexity index is 680. The molecule has 0 atom stereocenters. The first-order valence-electron chi connectivity index (χ1n) is 7.44. The summed E-state index contributed by atoms with van der Waals surface area (Å²) >= 11 is 1.32. The lowest BCUT2D eigenvalue weighted by atomic mass is 10.1. The topological polar surface area (TPSA) is 68.3 Å². The van der Waals surface area contributed by atoms with Gasteiger partial charge in [0.05, 0.1) is 7.11 Å². The van der Waals surface area contributed by atoms with Crippen LogP contribution >= 0.6 is 11.3 Å². The van der Waals surface area contributed by atoms with Gasteiger partial charge in [0.15, 0.2) is 10.8 Å². The summed E-state index contributed by atoms with van der Waals surface area (Å²) in [6, 6.07) is 10.0. The van der Waals surface area contributed by atoms with Crippen molar-refractivity contribution in [2.24, 2.45) is 5.92 Å². The van der Waals surface area contributed by atoms with Crippen molar-refractivity contribution >= 4 is 28.3 Å². The van der Waals surface area contributed by atoms with E-state index in [2.05, 4.69) is 10.3 Å². The van der Waals surface area contributed by atoms with E-state index in [0.29, 0.717) is 11.6 Å². The van der Waals surface area contributed by atoms with Crippen molar-refractivity contribution in [1.29, 1.82) is 0 Å². The Kier molecular flexibility index (Phi) is 5.87. The second-order valence-corrected chi connectivity index (χ2v) is 6.50. The number of carbonyl (C=O) groups excluding carboxylic acids is 2. The molecule has 1 N–H and O–H groups in total. The van der Waals surface area contributed by atoms with Crippen molar-refractivity contribution < 1.29 is 14.3 Å². The van der Waals surface area contributed by atoms with Gasteiger partial charge in [-0.1, -0.05) is 44.2 Å². The smallest absolute Gasteiger partial charge is 0.357 e. The molecule has 2 rings (SSSR count). The number of nitrogens with zero attached hydrogens (tertiary/aromatic N) is 1. The highest BCUT2D eigenvalue weighted by Gasteiger charge is 2.20. The number of ether oxygens (including phenoxy) is 1. The van der Waals surface area contributed by atoms with Gasteiger partial charge in [0.25, 0.3) is 0 Å². The maximum atomic E-state index is 11.9. The number of thiazole rings is 1. The first-order chi connectivity index (χ1) is 11.0. The Hall–Kier alpha value is -2.21. The van der Waals surface area contributed by atoms with Gasteiger partial charge in [-0.05, 0) is 18.4 Å². The first-order valence-corrected chi connectivity index (χ1v) is 8.25. The van der Waals surface area contributed by atoms with Gasteiger partial charge in [0, 0.05) is 10.8 Å². The average molecular weight is 332 g/mol. The predicted octanol–water partition coefficient (Wildman–Crippen LogP) is 3.31. The molecule has 1 aromatic carbocycles. The van der Waals surface area contributed by atoms with Gasteiger partial charge in [-0.25, -0.2) is 9.78 Å². The molecule has 23 heavy (non-hydrogen) atoms. The number of nitrogens with one attached hydrogen (secondary N) is 1. The Balaban J connectivity index is 2.17. The SMILES string of the molecule is COC(=O)c1nc(NC(=O)C(C)C)sc1CCc1ccccc1. The maximum absolute atomic E-state index is 11.9. The number of carbonyl (C=O) groups is 2. The minimum Gasteiger partial charge on any atom is -0.464 e. The molecule has 0 radical (unpaired) electrons. The summed E-state index contributed by atoms with van der Waals surface area (Å²) in [6.45, 7) is 3.61. The first kappa shape index (κ1) is 17.1. The van der Waals surface area contributed by atoms with Crippen LogP contribution in [0.2, 0.25) is 0 Å². The lowest BCUT2D eigenvalue weighted by molar-refractivity contribution is -0.118. The fourth-order valence-corrected chi connectivity index (χ4v) is 2.93. The van der Waals surface area contributed by atoms with Crippen LogP contribution in [-0.4, -0.2) is 24.0 Å². The van der Waals surface area contributed by atoms with Crippen molar-refractivity contribution in [1.82, 2.24) is 4.98 Å². The highest BCUT2D eigenvalue weighted by molar-refractivity contribution is 7.16. The van der Waals surface area contributed by atoms with Gasteiger partial charge in [-0.15, -0.1) is 11.3 Å². The summed E-state index contributed by atoms with van der Waals surface area (Å²) in [7, 11) is 1.33. The fourth-order valence-electron chi connectivity index (χ4n) is 1.98. The number of rotatable bonds is 6. The van der Waals surface area contributed by atoms with Crippen LogP contribution in [-0.2, 0) is 22.4 Å². The summed E-state index contributed by atoms with van der Waals surface area (Å²) in [5.74, 6) is -0.743. The van der Waals surface area contributed by atoms with Crippen LogP contribution in [0.25, 0.3) is 0 Å². The molecule has 2 aromatic rings. The molecule has 1 amide bonds. The van der Waals surface area contributed by atoms with E-state index >= 15 is 0 Å². The van der Waals surface area contributed by atoms with Crippen molar-refractivity contribution in [2.75, 3.05) is 12.4 Å². The third-order valence-electron chi connectivity index (χ3n) is 3.31. The molecule has 0 unspecified atom stereocenters. The predicted molar refractivity (Wildman–Crippen MR) is 90.8 cm³/mol. The molecule has 6 heteroatoms. The van der Waals surface area contributed by atoms with Gasteiger partial charge >= 0.3 is 5.97 Å². The van der Waals surface area contributed by atoms with E-state index in [1.807, 2.05) is 30.3 Å². The number of esters is 1. The minimum absolute atomic E-state index is 0.121. The molecule has 1 aromatic heterocycles. The summed E-state index contributed by atoms with van der Waals surface area (Å²) in [5, 5.41) is 3.18. The number of anilines is 1. The van der Waals surface area contributed by atoms with Crippen LogP contribution in [0.15, 0.2) is 30.3 Å². The zero-order valence-corrected chi connectivity index (χ0v) is 14.3. The standard InChI is InChI=1S/C17H20N2O3S/c1-11(2)15(20)19-17-18-14(16(21)22-3)13(23-17)10-9-12-7-5-4-6-8-12/h4-8,11H,9-10H2,1-3H3,(H,18,19,20). The van der Waals surface area contributed by atoms with Crippen molar-refractivity contribution in [2.45, 2.75) is 26.7 Å². The molecule has 0 saturated carbocycles. The minimum atomic E-state index is -0.477. The van der Waals surface area contributed by atoms with Gasteiger partial charge < -0.3 is 10.1 Å². The van der Waals surface area contributed by atoms with Crippen LogP contribution < -0.4 is 5.32 Å². The monoisotopic (exact) mass is 332 g/mol. The Morgan fingerprint density at radius 1 is 1.22 bits per heavy atom. The van der Waals surface area contributed by atoms with Gasteiger partial charge in [0.2, 0.25) is 5.91 Å². The molecule has 0 bridgehead atoms. The van der Waals surface area contributed by atoms with Crippen LogP contribution in [0, 0.1) is 5.92 Å². The number of aromatic nitrogens is 1. The van der Waals surface area contributed by atoms with Crippen molar-refractivity contribution in [3.05, 3.63) is 46.5 Å². The number of hydrogen-bond donors (Lipinski definition) is 1. The molecular formula is C17H20N2O3S. The Morgan fingerprint density at radius 3 is 2.52 bits per heavy atom. The third-order valence-corrected chi connectivity index (χ3v) is 4.34. The Labute approximate surface area is 139 Å². The van der Waals surface area contributed by atoms with Crippen LogP contribution in [0.5, 0.6) is 0 Å². The van der Waals surface area contributed by atoms with E-state index in [1.54, 1.807) is 13.8 Å². The van der Waals surface area contributed by atoms with E-state index in [9.17, 15) is 9.59 Å². The van der Waals surface area contributed by atoms with Crippen LogP contribution in [0.1, 0.15) is 34.8 Å². The second kappa shape index (κ2) is 7.87. The van der Waals surface area contributed by atoms with Crippen LogP contribution in [0.3, 0.4) is 0 Å². The summed E-state index contributed by atoms with van der Waals surface area (Å²) < 4.78 is 4.79. The molecule has 0 saturated heterocycles. The molecular weight excluding hydrogens is 312 g/mol. The molecule has 0 aliphatic heterocycles. The molecule has 0 fully saturated rings. The van der Waals surface area contributed by atoms with Crippen molar-refractivity contribution in [3.63, 3.8) is 0 Å². The highest BCUT2D eigenvalue weighted by Crippen LogP contribution is 2.26. The van der Waals surface area contributed by atoms with E-state index in [1.165, 1.54) is 24.0 Å². The van der Waals surface area contributed by atoms with E-state index in [-0.39, 0.29) is 17.5 Å². The Morgan fingerprint density at radius 2 is 1.91 bits per heavy atom. The number of aryl methyl sites for hydroxylation is 2. The summed E-state index contributed by atoms with van der Waals surface area (Å²) in [6.07, 6.45) is 1.47. The van der Waals surface area contributed by atoms with E-state index in [4.69, 9.17) is 4.74 Å². The van der Waals surface area contributed by atoms with E-state index < -0.39 is 5.97 Å². The molecule has 0 spiro atoms. The molecule has 122 valence electrons. The highest BCUT2D eigenvalue weighted by atomic mass is 32.1. The summed E-state index contributed by atoms with van der Waals surface area (Å²) in [4.78, 5) is 28.7. The largest absolute Gasteiger partial charge is 0.464 e. The van der Waals surface area contributed by atoms with Gasteiger partial charge in [-0.3, -0.25) is 4.79 Å².